The van der Waals surface area contributed by atoms with Gasteiger partial charge >= 0.3 is 0 Å². The fourth-order valence-corrected chi connectivity index (χ4v) is 8.52. The maximum Gasteiger partial charge on any atom is 0.243 e. The lowest BCUT2D eigenvalue weighted by atomic mass is 9.81. The Morgan fingerprint density at radius 3 is 2.29 bits per heavy atom. The molecule has 1 heterocycles. The molecule has 0 aliphatic heterocycles. The molecule has 276 valence electrons. The highest BCUT2D eigenvalue weighted by Gasteiger charge is 2.33. The Balaban J connectivity index is 1.71. The molecular weight excluding hydrogens is 732 g/mol. The molecule has 0 spiro atoms. The number of benzene rings is 3. The van der Waals surface area contributed by atoms with Crippen LogP contribution in [0.3, 0.4) is 0 Å². The summed E-state index contributed by atoms with van der Waals surface area (Å²) in [5.74, 6) is -5.73. The number of hydrogen-bond acceptors (Lipinski definition) is 7. The van der Waals surface area contributed by atoms with E-state index in [1.165, 1.54) is 50.6 Å². The molecule has 4 aromatic rings. The smallest absolute Gasteiger partial charge is 0.243 e. The highest BCUT2D eigenvalue weighted by Crippen LogP contribution is 2.40. The van der Waals surface area contributed by atoms with Crippen LogP contribution < -0.4 is 9.84 Å². The van der Waals surface area contributed by atoms with Crippen LogP contribution in [0.15, 0.2) is 64.8 Å². The summed E-state index contributed by atoms with van der Waals surface area (Å²) in [6.45, 7) is 5.09. The van der Waals surface area contributed by atoms with Crippen molar-refractivity contribution in [3.8, 4) is 11.4 Å². The van der Waals surface area contributed by atoms with Crippen LogP contribution in [0.1, 0.15) is 44.0 Å². The standard InChI is InChI=1S/C35H39ClF4N4O5S2/c1-21(33(45)46)42(13-8-14-44(4,5)6)51(47,48)25-17-27(36)26(28(38)18-25)20-50-34-41-19-31(43(34)24-11-9-23(37)10-12-24)35(2,3)22-15-29(39)32(40)30(16-22)49-7/h9-12,15-19,21H,8,13-14,20H2,1-7H3/t21-/m1/s1. The van der Waals surface area contributed by atoms with Gasteiger partial charge in [-0.25, -0.2) is 26.6 Å². The summed E-state index contributed by atoms with van der Waals surface area (Å²) in [6, 6.07) is 8.24. The number of halogens is 5. The predicted octanol–water partition coefficient (Wildman–Crippen LogP) is 5.93. The van der Waals surface area contributed by atoms with E-state index >= 15 is 4.39 Å². The molecule has 0 radical (unpaired) electrons. The van der Waals surface area contributed by atoms with Gasteiger partial charge in [0.25, 0.3) is 0 Å². The van der Waals surface area contributed by atoms with Crippen molar-refractivity contribution in [2.75, 3.05) is 41.3 Å². The Kier molecular flexibility index (Phi) is 12.2. The number of carboxylic acids is 1. The van der Waals surface area contributed by atoms with Gasteiger partial charge in [-0.05, 0) is 61.0 Å². The molecule has 0 bridgehead atoms. The predicted molar refractivity (Wildman–Crippen MR) is 185 cm³/mol. The monoisotopic (exact) mass is 770 g/mol. The SMILES string of the molecule is COc1cc(C(C)(C)c2cnc(SCc3c(F)cc(S(=O)(=O)N(CCC[N+](C)(C)C)[C@H](C)C(=O)[O-])cc3Cl)n2-c2ccc(F)cc2)cc(F)c1F. The van der Waals surface area contributed by atoms with Crippen LogP contribution >= 0.6 is 23.4 Å². The van der Waals surface area contributed by atoms with E-state index in [0.717, 1.165) is 34.3 Å². The fourth-order valence-electron chi connectivity index (χ4n) is 5.42. The number of aliphatic carboxylic acids is 1. The Bertz CT molecular complexity index is 2000. The number of hydrogen-bond donors (Lipinski definition) is 0. The lowest BCUT2D eigenvalue weighted by molar-refractivity contribution is -0.870. The van der Waals surface area contributed by atoms with Crippen molar-refractivity contribution in [1.29, 1.82) is 0 Å². The molecule has 0 amide bonds. The van der Waals surface area contributed by atoms with Gasteiger partial charge in [-0.3, -0.25) is 4.57 Å². The van der Waals surface area contributed by atoms with Gasteiger partial charge in [0, 0.05) is 40.4 Å². The molecule has 0 fully saturated rings. The first-order valence-electron chi connectivity index (χ1n) is 15.7. The Hall–Kier alpha value is -3.63. The molecule has 16 heteroatoms. The molecule has 0 unspecified atom stereocenters. The largest absolute Gasteiger partial charge is 0.548 e. The number of aromatic nitrogens is 2. The average Bonchev–Trinajstić information content (AvgIpc) is 3.48. The van der Waals surface area contributed by atoms with Crippen LogP contribution in [0.5, 0.6) is 5.75 Å². The van der Waals surface area contributed by atoms with Crippen LogP contribution in [-0.4, -0.2) is 80.1 Å². The van der Waals surface area contributed by atoms with Gasteiger partial charge in [0.2, 0.25) is 15.8 Å². The van der Waals surface area contributed by atoms with Gasteiger partial charge in [0.05, 0.1) is 63.6 Å². The average molecular weight is 771 g/mol. The number of carboxylic acid groups (broad SMARTS) is 1. The molecule has 1 aromatic heterocycles. The first-order valence-corrected chi connectivity index (χ1v) is 18.5. The molecule has 0 aliphatic rings. The number of rotatable bonds is 15. The summed E-state index contributed by atoms with van der Waals surface area (Å²) < 4.78 is 93.9. The number of methoxy groups -OCH3 is 1. The third-order valence-electron chi connectivity index (χ3n) is 8.44. The molecule has 0 saturated heterocycles. The van der Waals surface area contributed by atoms with E-state index in [9.17, 15) is 31.5 Å². The van der Waals surface area contributed by atoms with E-state index in [0.29, 0.717) is 39.5 Å². The van der Waals surface area contributed by atoms with Gasteiger partial charge in [-0.1, -0.05) is 37.2 Å². The summed E-state index contributed by atoms with van der Waals surface area (Å²) in [7, 11) is 2.42. The molecule has 51 heavy (non-hydrogen) atoms. The summed E-state index contributed by atoms with van der Waals surface area (Å²) >= 11 is 7.53. The normalized spacial score (nSPS) is 13.1. The van der Waals surface area contributed by atoms with E-state index in [4.69, 9.17) is 16.3 Å². The van der Waals surface area contributed by atoms with E-state index in [1.807, 2.05) is 21.1 Å². The molecule has 0 aliphatic carbocycles. The molecule has 0 saturated carbocycles. The number of imidazole rings is 1. The van der Waals surface area contributed by atoms with Gasteiger partial charge in [0.15, 0.2) is 16.7 Å². The zero-order valence-electron chi connectivity index (χ0n) is 29.1. The molecule has 1 atom stereocenters. The van der Waals surface area contributed by atoms with Crippen molar-refractivity contribution in [3.63, 3.8) is 0 Å². The van der Waals surface area contributed by atoms with Crippen molar-refractivity contribution in [2.24, 2.45) is 0 Å². The van der Waals surface area contributed by atoms with E-state index in [2.05, 4.69) is 4.98 Å². The Morgan fingerprint density at radius 2 is 1.73 bits per heavy atom. The molecule has 3 aromatic carbocycles. The summed E-state index contributed by atoms with van der Waals surface area (Å²) in [4.78, 5) is 15.8. The van der Waals surface area contributed by atoms with Gasteiger partial charge in [-0.2, -0.15) is 8.70 Å². The van der Waals surface area contributed by atoms with Crippen molar-refractivity contribution in [1.82, 2.24) is 13.9 Å². The van der Waals surface area contributed by atoms with E-state index in [1.54, 1.807) is 18.4 Å². The van der Waals surface area contributed by atoms with E-state index in [-0.39, 0.29) is 28.6 Å². The maximum absolute atomic E-state index is 15.7. The van der Waals surface area contributed by atoms with Crippen molar-refractivity contribution in [3.05, 3.63) is 99.8 Å². The number of sulfonamides is 1. The van der Waals surface area contributed by atoms with Crippen molar-refractivity contribution >= 4 is 39.4 Å². The first kappa shape index (κ1) is 40.1. The lowest BCUT2D eigenvalue weighted by Gasteiger charge is -2.31. The fraction of sp³-hybridized carbons (Fsp3) is 0.371. The van der Waals surface area contributed by atoms with Crippen molar-refractivity contribution in [2.45, 2.75) is 54.5 Å². The van der Waals surface area contributed by atoms with E-state index < -0.39 is 55.6 Å². The minimum Gasteiger partial charge on any atom is -0.548 e. The number of ether oxygens (including phenoxy) is 1. The number of nitrogens with zero attached hydrogens (tertiary/aromatic N) is 4. The maximum atomic E-state index is 15.7. The second kappa shape index (κ2) is 15.5. The first-order chi connectivity index (χ1) is 23.7. The lowest BCUT2D eigenvalue weighted by Crippen LogP contribution is -2.50. The second-order valence-corrected chi connectivity index (χ2v) is 16.7. The number of carbonyl (C=O) groups is 1. The van der Waals surface area contributed by atoms with Crippen LogP contribution in [0.4, 0.5) is 17.6 Å². The van der Waals surface area contributed by atoms with Crippen LogP contribution in [0, 0.1) is 23.3 Å². The third kappa shape index (κ3) is 8.88. The van der Waals surface area contributed by atoms with Crippen LogP contribution in [0.2, 0.25) is 5.02 Å². The quantitative estimate of drug-likeness (QED) is 0.0839. The summed E-state index contributed by atoms with van der Waals surface area (Å²) in [5, 5.41) is 11.8. The molecule has 0 N–H and O–H groups in total. The second-order valence-electron chi connectivity index (χ2n) is 13.5. The van der Waals surface area contributed by atoms with Gasteiger partial charge in [-0.15, -0.1) is 0 Å². The highest BCUT2D eigenvalue weighted by atomic mass is 35.5. The Labute approximate surface area is 304 Å². The molecular formula is C35H39ClF4N4O5S2. The highest BCUT2D eigenvalue weighted by molar-refractivity contribution is 7.98. The minimum absolute atomic E-state index is 0.0510. The summed E-state index contributed by atoms with van der Waals surface area (Å²) in [5.41, 5.74) is 0.231. The van der Waals surface area contributed by atoms with Crippen molar-refractivity contribution < 1.29 is 45.1 Å². The minimum atomic E-state index is -4.52. The molecule has 4 rings (SSSR count). The number of quaternary nitrogens is 1. The summed E-state index contributed by atoms with van der Waals surface area (Å²) in [6.07, 6.45) is 1.84. The number of thioether (sulfide) groups is 1. The topological polar surface area (TPSA) is 105 Å². The van der Waals surface area contributed by atoms with Gasteiger partial charge < -0.3 is 19.1 Å². The number of carbonyl (C=O) groups excluding carboxylic acids is 1. The van der Waals surface area contributed by atoms with Crippen LogP contribution in [-0.2, 0) is 26.0 Å². The third-order valence-corrected chi connectivity index (χ3v) is 11.7. The Morgan fingerprint density at radius 1 is 1.08 bits per heavy atom. The molecule has 9 nitrogen and oxygen atoms in total. The van der Waals surface area contributed by atoms with Gasteiger partial charge in [0.1, 0.15) is 11.6 Å². The zero-order chi connectivity index (χ0) is 38.1. The van der Waals surface area contributed by atoms with Crippen LogP contribution in [0.25, 0.3) is 5.69 Å². The zero-order valence-corrected chi connectivity index (χ0v) is 31.5.